The highest BCUT2D eigenvalue weighted by Gasteiger charge is 2.16. The Hall–Kier alpha value is -2.09. The molecule has 0 saturated carbocycles. The number of hydrogen-bond donors (Lipinski definition) is 0. The third kappa shape index (κ3) is 3.44. The number of unbranched alkanes of at least 4 members (excludes halogenated alkanes) is 1. The maximum atomic E-state index is 12.4. The highest BCUT2D eigenvalue weighted by atomic mass is 16.2. The van der Waals surface area contributed by atoms with Crippen molar-refractivity contribution < 1.29 is 4.79 Å². The highest BCUT2D eigenvalue weighted by molar-refractivity contribution is 6.00. The monoisotopic (exact) mass is 252 g/mol. The van der Waals surface area contributed by atoms with Crippen LogP contribution < -0.4 is 4.90 Å². The largest absolute Gasteiger partial charge is 0.281 e. The topological polar surface area (TPSA) is 20.3 Å². The number of carbonyl (C=O) groups is 1. The van der Waals surface area contributed by atoms with Gasteiger partial charge < -0.3 is 0 Å². The van der Waals surface area contributed by atoms with Gasteiger partial charge in [-0.3, -0.25) is 9.69 Å². The summed E-state index contributed by atoms with van der Waals surface area (Å²) in [6.07, 6.45) is 2.12. The second-order valence-electron chi connectivity index (χ2n) is 4.36. The number of para-hydroxylation sites is 2. The van der Waals surface area contributed by atoms with Crippen molar-refractivity contribution in [2.24, 2.45) is 0 Å². The van der Waals surface area contributed by atoms with E-state index < -0.39 is 0 Å². The quantitative estimate of drug-likeness (QED) is 0.774. The van der Waals surface area contributed by atoms with Crippen LogP contribution in [0.25, 0.3) is 0 Å². The predicted molar refractivity (Wildman–Crippen MR) is 79.2 cm³/mol. The number of nitrogens with zero attached hydrogens (tertiary/aromatic N) is 1. The minimum atomic E-state index is 0.112. The van der Waals surface area contributed by atoms with Gasteiger partial charge in [0.1, 0.15) is 0 Å². The van der Waals surface area contributed by atoms with Crippen molar-refractivity contribution in [3.05, 3.63) is 67.6 Å². The summed E-state index contributed by atoms with van der Waals surface area (Å²) in [5, 5.41) is 0. The van der Waals surface area contributed by atoms with Crippen molar-refractivity contribution >= 4 is 17.3 Å². The Labute approximate surface area is 114 Å². The zero-order chi connectivity index (χ0) is 13.5. The van der Waals surface area contributed by atoms with Crippen molar-refractivity contribution in [2.75, 3.05) is 4.90 Å². The summed E-state index contributed by atoms with van der Waals surface area (Å²) in [5.41, 5.74) is 1.81. The van der Waals surface area contributed by atoms with Crippen molar-refractivity contribution in [1.29, 1.82) is 0 Å². The fourth-order valence-electron chi connectivity index (χ4n) is 1.98. The average molecular weight is 252 g/mol. The maximum Gasteiger partial charge on any atom is 0.231 e. The molecule has 0 aliphatic rings. The molecular weight excluding hydrogens is 234 g/mol. The van der Waals surface area contributed by atoms with Crippen LogP contribution in [-0.2, 0) is 4.79 Å². The van der Waals surface area contributed by atoms with E-state index in [2.05, 4.69) is 6.92 Å². The van der Waals surface area contributed by atoms with Crippen LogP contribution in [0.15, 0.2) is 60.7 Å². The number of carbonyl (C=O) groups excluding carboxylic acids is 1. The molecule has 0 atom stereocenters. The van der Waals surface area contributed by atoms with Gasteiger partial charge in [0.25, 0.3) is 0 Å². The van der Waals surface area contributed by atoms with Crippen molar-refractivity contribution in [3.8, 4) is 0 Å². The normalized spacial score (nSPS) is 10.2. The van der Waals surface area contributed by atoms with Gasteiger partial charge >= 0.3 is 0 Å². The molecule has 0 aliphatic heterocycles. The van der Waals surface area contributed by atoms with Gasteiger partial charge in [0.2, 0.25) is 5.91 Å². The van der Waals surface area contributed by atoms with E-state index in [1.807, 2.05) is 60.7 Å². The molecule has 0 aromatic heterocycles. The molecule has 0 saturated heterocycles. The molecule has 0 spiro atoms. The highest BCUT2D eigenvalue weighted by Crippen LogP contribution is 2.26. The molecule has 2 rings (SSSR count). The van der Waals surface area contributed by atoms with E-state index in [1.165, 1.54) is 0 Å². The Kier molecular flexibility index (Phi) is 4.73. The third-order valence-corrected chi connectivity index (χ3v) is 2.92. The molecule has 2 heteroatoms. The molecule has 0 aliphatic carbocycles. The molecule has 0 unspecified atom stereocenters. The van der Waals surface area contributed by atoms with E-state index in [-0.39, 0.29) is 5.91 Å². The summed E-state index contributed by atoms with van der Waals surface area (Å²) in [6.45, 7) is 3.79. The van der Waals surface area contributed by atoms with E-state index in [9.17, 15) is 4.79 Å². The first-order valence-electron chi connectivity index (χ1n) is 6.55. The third-order valence-electron chi connectivity index (χ3n) is 2.92. The molecule has 2 aromatic rings. The van der Waals surface area contributed by atoms with Gasteiger partial charge in [-0.2, -0.15) is 0 Å². The Morgan fingerprint density at radius 1 is 0.895 bits per heavy atom. The molecule has 1 amide bonds. The Bertz CT molecular complexity index is 468. The summed E-state index contributed by atoms with van der Waals surface area (Å²) in [4.78, 5) is 14.2. The molecule has 0 N–H and O–H groups in total. The number of anilines is 2. The molecule has 2 nitrogen and oxygen atoms in total. The van der Waals surface area contributed by atoms with E-state index in [0.29, 0.717) is 6.42 Å². The van der Waals surface area contributed by atoms with Gasteiger partial charge in [0.15, 0.2) is 0 Å². The molecule has 0 heterocycles. The lowest BCUT2D eigenvalue weighted by molar-refractivity contribution is -0.118. The zero-order valence-electron chi connectivity index (χ0n) is 11.0. The summed E-state index contributed by atoms with van der Waals surface area (Å²) in [5.74, 6) is 0.112. The molecule has 1 radical (unpaired) electrons. The standard InChI is InChI=1S/C17H18NO/c1-2-3-14-17(19)18(15-10-6-4-7-11-15)16-12-8-5-9-13-16/h4-13H,1-3,14H2. The van der Waals surface area contributed by atoms with Gasteiger partial charge in [-0.15, -0.1) is 0 Å². The summed E-state index contributed by atoms with van der Waals surface area (Å²) < 4.78 is 0. The fraction of sp³-hybridized carbons (Fsp3) is 0.176. The maximum absolute atomic E-state index is 12.4. The van der Waals surface area contributed by atoms with Crippen LogP contribution in [-0.4, -0.2) is 5.91 Å². The molecular formula is C17H18NO. The number of rotatable bonds is 5. The number of hydrogen-bond acceptors (Lipinski definition) is 1. The van der Waals surface area contributed by atoms with Gasteiger partial charge in [-0.05, 0) is 30.7 Å². The molecule has 2 aromatic carbocycles. The van der Waals surface area contributed by atoms with Crippen LogP contribution in [0.1, 0.15) is 19.3 Å². The smallest absolute Gasteiger partial charge is 0.231 e. The Morgan fingerprint density at radius 2 is 1.37 bits per heavy atom. The number of amides is 1. The average Bonchev–Trinajstić information content (AvgIpc) is 2.47. The van der Waals surface area contributed by atoms with Gasteiger partial charge in [-0.25, -0.2) is 0 Å². The van der Waals surface area contributed by atoms with Gasteiger partial charge in [0.05, 0.1) is 0 Å². The van der Waals surface area contributed by atoms with Gasteiger partial charge in [-0.1, -0.05) is 49.7 Å². The van der Waals surface area contributed by atoms with E-state index >= 15 is 0 Å². The van der Waals surface area contributed by atoms with Crippen LogP contribution >= 0.6 is 0 Å². The van der Waals surface area contributed by atoms with E-state index in [0.717, 1.165) is 24.2 Å². The first-order chi connectivity index (χ1) is 9.33. The molecule has 97 valence electrons. The summed E-state index contributed by atoms with van der Waals surface area (Å²) >= 11 is 0. The predicted octanol–water partition coefficient (Wildman–Crippen LogP) is 4.36. The zero-order valence-corrected chi connectivity index (χ0v) is 11.0. The van der Waals surface area contributed by atoms with Crippen LogP contribution in [0.4, 0.5) is 11.4 Å². The number of benzene rings is 2. The second kappa shape index (κ2) is 6.74. The minimum Gasteiger partial charge on any atom is -0.281 e. The molecule has 19 heavy (non-hydrogen) atoms. The second-order valence-corrected chi connectivity index (χ2v) is 4.36. The Morgan fingerprint density at radius 3 is 1.79 bits per heavy atom. The lowest BCUT2D eigenvalue weighted by atomic mass is 10.2. The van der Waals surface area contributed by atoms with Crippen molar-refractivity contribution in [1.82, 2.24) is 0 Å². The summed E-state index contributed by atoms with van der Waals surface area (Å²) in [7, 11) is 0. The van der Waals surface area contributed by atoms with Crippen molar-refractivity contribution in [2.45, 2.75) is 19.3 Å². The van der Waals surface area contributed by atoms with E-state index in [4.69, 9.17) is 0 Å². The first kappa shape index (κ1) is 13.3. The Balaban J connectivity index is 2.31. The van der Waals surface area contributed by atoms with Crippen LogP contribution in [0.2, 0.25) is 0 Å². The first-order valence-corrected chi connectivity index (χ1v) is 6.55. The fourth-order valence-corrected chi connectivity index (χ4v) is 1.98. The van der Waals surface area contributed by atoms with E-state index in [1.54, 1.807) is 4.90 Å². The van der Waals surface area contributed by atoms with Crippen molar-refractivity contribution in [3.63, 3.8) is 0 Å². The SMILES string of the molecule is [CH2]CCCC(=O)N(c1ccccc1)c1ccccc1. The van der Waals surface area contributed by atoms with Crippen LogP contribution in [0.5, 0.6) is 0 Å². The van der Waals surface area contributed by atoms with Gasteiger partial charge in [0, 0.05) is 17.8 Å². The summed E-state index contributed by atoms with van der Waals surface area (Å²) in [6, 6.07) is 19.5. The molecule has 0 fully saturated rings. The van der Waals surface area contributed by atoms with Crippen LogP contribution in [0.3, 0.4) is 0 Å². The lowest BCUT2D eigenvalue weighted by Gasteiger charge is -2.23. The molecule has 0 bridgehead atoms. The lowest BCUT2D eigenvalue weighted by Crippen LogP contribution is -2.25. The van der Waals surface area contributed by atoms with Crippen LogP contribution in [0, 0.1) is 6.92 Å². The minimum absolute atomic E-state index is 0.112.